The minimum Gasteiger partial charge on any atom is -0.506 e. The molecule has 8 nitrogen and oxygen atoms in total. The van der Waals surface area contributed by atoms with Crippen LogP contribution in [0.25, 0.3) is 5.69 Å². The van der Waals surface area contributed by atoms with Gasteiger partial charge in [0, 0.05) is 19.4 Å². The second kappa shape index (κ2) is 8.16. The summed E-state index contributed by atoms with van der Waals surface area (Å²) in [6.07, 6.45) is 1.46. The van der Waals surface area contributed by atoms with Crippen molar-refractivity contribution in [1.29, 1.82) is 0 Å². The van der Waals surface area contributed by atoms with Crippen LogP contribution in [0.15, 0.2) is 30.5 Å². The van der Waals surface area contributed by atoms with Gasteiger partial charge in [0.1, 0.15) is 23.8 Å². The van der Waals surface area contributed by atoms with Crippen molar-refractivity contribution in [3.05, 3.63) is 36.2 Å². The minimum atomic E-state index is -1.13. The smallest absolute Gasteiger partial charge is 0.356 e. The summed E-state index contributed by atoms with van der Waals surface area (Å²) in [7, 11) is 1.60. The SMILES string of the molecule is COCCOCCOc1ccc(-n2ccc(C(=O)O)n2)c(O)c1. The lowest BCUT2D eigenvalue weighted by atomic mass is 10.3. The monoisotopic (exact) mass is 322 g/mol. The van der Waals surface area contributed by atoms with Crippen LogP contribution in [0, 0.1) is 0 Å². The highest BCUT2D eigenvalue weighted by Crippen LogP contribution is 2.26. The van der Waals surface area contributed by atoms with E-state index in [4.69, 9.17) is 19.3 Å². The maximum atomic E-state index is 10.8. The lowest BCUT2D eigenvalue weighted by Crippen LogP contribution is -2.10. The fourth-order valence-corrected chi connectivity index (χ4v) is 1.82. The summed E-state index contributed by atoms with van der Waals surface area (Å²) >= 11 is 0. The Morgan fingerprint density at radius 1 is 1.22 bits per heavy atom. The van der Waals surface area contributed by atoms with Gasteiger partial charge in [-0.05, 0) is 18.2 Å². The summed E-state index contributed by atoms with van der Waals surface area (Å²) in [5, 5.41) is 22.7. The zero-order valence-electron chi connectivity index (χ0n) is 12.6. The van der Waals surface area contributed by atoms with Crippen molar-refractivity contribution >= 4 is 5.97 Å². The number of carbonyl (C=O) groups is 1. The first-order chi connectivity index (χ1) is 11.1. The predicted molar refractivity (Wildman–Crippen MR) is 80.4 cm³/mol. The summed E-state index contributed by atoms with van der Waals surface area (Å²) in [5.74, 6) is -0.716. The van der Waals surface area contributed by atoms with Gasteiger partial charge >= 0.3 is 5.97 Å². The maximum Gasteiger partial charge on any atom is 0.356 e. The van der Waals surface area contributed by atoms with E-state index >= 15 is 0 Å². The Labute approximate surface area is 132 Å². The van der Waals surface area contributed by atoms with Crippen molar-refractivity contribution in [3.8, 4) is 17.2 Å². The molecule has 0 saturated heterocycles. The normalized spacial score (nSPS) is 10.7. The van der Waals surface area contributed by atoms with Crippen LogP contribution in [-0.4, -0.2) is 59.5 Å². The quantitative estimate of drug-likeness (QED) is 0.671. The van der Waals surface area contributed by atoms with Crippen LogP contribution < -0.4 is 4.74 Å². The molecule has 1 heterocycles. The number of carboxylic acid groups (broad SMARTS) is 1. The molecule has 0 unspecified atom stereocenters. The van der Waals surface area contributed by atoms with E-state index in [0.717, 1.165) is 0 Å². The second-order valence-electron chi connectivity index (χ2n) is 4.55. The number of aromatic hydroxyl groups is 1. The number of ether oxygens (including phenoxy) is 3. The number of phenols is 1. The summed E-state index contributed by atoms with van der Waals surface area (Å²) in [6.45, 7) is 1.77. The van der Waals surface area contributed by atoms with Gasteiger partial charge in [-0.25, -0.2) is 9.48 Å². The molecule has 0 bridgehead atoms. The van der Waals surface area contributed by atoms with Crippen molar-refractivity contribution in [2.24, 2.45) is 0 Å². The van der Waals surface area contributed by atoms with E-state index in [1.165, 1.54) is 23.0 Å². The van der Waals surface area contributed by atoms with Gasteiger partial charge in [-0.3, -0.25) is 0 Å². The van der Waals surface area contributed by atoms with Crippen molar-refractivity contribution in [3.63, 3.8) is 0 Å². The van der Waals surface area contributed by atoms with Gasteiger partial charge in [-0.15, -0.1) is 0 Å². The van der Waals surface area contributed by atoms with Gasteiger partial charge in [0.2, 0.25) is 0 Å². The largest absolute Gasteiger partial charge is 0.506 e. The highest BCUT2D eigenvalue weighted by atomic mass is 16.5. The Bertz CT molecular complexity index is 655. The minimum absolute atomic E-state index is 0.0668. The molecule has 0 fully saturated rings. The molecule has 0 saturated carbocycles. The van der Waals surface area contributed by atoms with Crippen molar-refractivity contribution in [1.82, 2.24) is 9.78 Å². The molecule has 0 aliphatic rings. The fraction of sp³-hybridized carbons (Fsp3) is 0.333. The van der Waals surface area contributed by atoms with Crippen molar-refractivity contribution in [2.75, 3.05) is 33.5 Å². The average molecular weight is 322 g/mol. The van der Waals surface area contributed by atoms with Gasteiger partial charge in [0.05, 0.1) is 19.8 Å². The summed E-state index contributed by atoms with van der Waals surface area (Å²) < 4.78 is 16.9. The third-order valence-electron chi connectivity index (χ3n) is 2.93. The molecule has 0 aliphatic heterocycles. The van der Waals surface area contributed by atoms with Crippen LogP contribution in [0.4, 0.5) is 0 Å². The Balaban J connectivity index is 1.93. The molecule has 2 rings (SSSR count). The number of benzene rings is 1. The molecule has 0 atom stereocenters. The molecule has 8 heteroatoms. The van der Waals surface area contributed by atoms with E-state index in [2.05, 4.69) is 5.10 Å². The van der Waals surface area contributed by atoms with E-state index in [1.54, 1.807) is 19.2 Å². The van der Waals surface area contributed by atoms with E-state index in [-0.39, 0.29) is 11.4 Å². The molecule has 1 aromatic heterocycles. The van der Waals surface area contributed by atoms with Crippen LogP contribution in [0.5, 0.6) is 11.5 Å². The predicted octanol–water partition coefficient (Wildman–Crippen LogP) is 1.32. The van der Waals surface area contributed by atoms with Crippen LogP contribution in [0.2, 0.25) is 0 Å². The van der Waals surface area contributed by atoms with Gasteiger partial charge in [0.15, 0.2) is 5.69 Å². The maximum absolute atomic E-state index is 10.8. The lowest BCUT2D eigenvalue weighted by molar-refractivity contribution is 0.0544. The Morgan fingerprint density at radius 3 is 2.65 bits per heavy atom. The average Bonchev–Trinajstić information content (AvgIpc) is 3.01. The first-order valence-corrected chi connectivity index (χ1v) is 6.93. The van der Waals surface area contributed by atoms with Gasteiger partial charge in [-0.2, -0.15) is 5.10 Å². The van der Waals surface area contributed by atoms with Crippen LogP contribution in [0.3, 0.4) is 0 Å². The van der Waals surface area contributed by atoms with Crippen LogP contribution >= 0.6 is 0 Å². The van der Waals surface area contributed by atoms with E-state index < -0.39 is 5.97 Å². The second-order valence-corrected chi connectivity index (χ2v) is 4.55. The standard InChI is InChI=1S/C15H18N2O6/c1-21-6-7-22-8-9-23-11-2-3-13(14(18)10-11)17-5-4-12(16-17)15(19)20/h2-5,10,18H,6-9H2,1H3,(H,19,20). The number of carboxylic acids is 1. The van der Waals surface area contributed by atoms with E-state index in [1.807, 2.05) is 0 Å². The molecule has 23 heavy (non-hydrogen) atoms. The van der Waals surface area contributed by atoms with E-state index in [9.17, 15) is 9.90 Å². The van der Waals surface area contributed by atoms with Crippen molar-refractivity contribution < 1.29 is 29.2 Å². The summed E-state index contributed by atoms with van der Waals surface area (Å²) in [4.78, 5) is 10.8. The van der Waals surface area contributed by atoms with E-state index in [0.29, 0.717) is 37.9 Å². The number of hydrogen-bond acceptors (Lipinski definition) is 6. The molecular weight excluding hydrogens is 304 g/mol. The number of nitrogens with zero attached hydrogens (tertiary/aromatic N) is 2. The van der Waals surface area contributed by atoms with Gasteiger partial charge in [0.25, 0.3) is 0 Å². The molecular formula is C15H18N2O6. The molecule has 1 aromatic carbocycles. The number of rotatable bonds is 9. The molecule has 0 aliphatic carbocycles. The summed E-state index contributed by atoms with van der Waals surface area (Å²) in [6, 6.07) is 6.04. The Hall–Kier alpha value is -2.58. The number of hydrogen-bond donors (Lipinski definition) is 2. The van der Waals surface area contributed by atoms with Crippen molar-refractivity contribution in [2.45, 2.75) is 0 Å². The molecule has 2 N–H and O–H groups in total. The zero-order valence-corrected chi connectivity index (χ0v) is 12.6. The molecule has 0 spiro atoms. The molecule has 124 valence electrons. The highest BCUT2D eigenvalue weighted by molar-refractivity contribution is 5.85. The molecule has 2 aromatic rings. The number of phenolic OH excluding ortho intramolecular Hbond substituents is 1. The summed E-state index contributed by atoms with van der Waals surface area (Å²) in [5.41, 5.74) is 0.263. The first kappa shape index (κ1) is 16.8. The Morgan fingerprint density at radius 2 is 2.00 bits per heavy atom. The highest BCUT2D eigenvalue weighted by Gasteiger charge is 2.11. The fourth-order valence-electron chi connectivity index (χ4n) is 1.82. The first-order valence-electron chi connectivity index (χ1n) is 6.93. The number of aromatic carboxylic acids is 1. The van der Waals surface area contributed by atoms with Gasteiger partial charge in [-0.1, -0.05) is 0 Å². The van der Waals surface area contributed by atoms with Gasteiger partial charge < -0.3 is 24.4 Å². The van der Waals surface area contributed by atoms with Crippen LogP contribution in [-0.2, 0) is 9.47 Å². The topological polar surface area (TPSA) is 103 Å². The number of methoxy groups -OCH3 is 1. The third-order valence-corrected chi connectivity index (χ3v) is 2.93. The lowest BCUT2D eigenvalue weighted by Gasteiger charge is -2.09. The molecule has 0 radical (unpaired) electrons. The third kappa shape index (κ3) is 4.70. The van der Waals surface area contributed by atoms with Crippen LogP contribution in [0.1, 0.15) is 10.5 Å². The Kier molecular flexibility index (Phi) is 5.95. The zero-order chi connectivity index (χ0) is 16.7. The number of aromatic nitrogens is 2. The molecule has 0 amide bonds.